The molecule has 0 spiro atoms. The van der Waals surface area contributed by atoms with Gasteiger partial charge in [0, 0.05) is 23.2 Å². The zero-order valence-corrected chi connectivity index (χ0v) is 11.5. The van der Waals surface area contributed by atoms with Gasteiger partial charge in [-0.3, -0.25) is 0 Å². The molecule has 1 atom stereocenters. The van der Waals surface area contributed by atoms with E-state index in [1.807, 2.05) is 16.8 Å². The van der Waals surface area contributed by atoms with E-state index < -0.39 is 6.10 Å². The number of hydrogen-bond donors (Lipinski definition) is 1. The van der Waals surface area contributed by atoms with Crippen LogP contribution >= 0.6 is 23.2 Å². The van der Waals surface area contributed by atoms with Gasteiger partial charge in [0.25, 0.3) is 0 Å². The lowest BCUT2D eigenvalue weighted by Crippen LogP contribution is -1.98. The molecule has 2 aromatic rings. The second-order valence-corrected chi connectivity index (χ2v) is 5.30. The van der Waals surface area contributed by atoms with Crippen LogP contribution < -0.4 is 0 Å². The summed E-state index contributed by atoms with van der Waals surface area (Å²) in [6.45, 7) is 5.90. The molecule has 0 radical (unpaired) electrons. The molecule has 0 saturated heterocycles. The molecule has 17 heavy (non-hydrogen) atoms. The second-order valence-electron chi connectivity index (χ2n) is 4.52. The number of halogens is 2. The zero-order chi connectivity index (χ0) is 12.7. The molecular formula is C13H15Cl2NO. The summed E-state index contributed by atoms with van der Waals surface area (Å²) in [6.07, 6.45) is 1.43. The number of rotatable bonds is 2. The van der Waals surface area contributed by atoms with Crippen molar-refractivity contribution in [1.29, 1.82) is 0 Å². The van der Waals surface area contributed by atoms with Crippen LogP contribution in [0.25, 0.3) is 10.9 Å². The minimum atomic E-state index is -0.519. The predicted octanol–water partition coefficient (Wildman–Crippen LogP) is 4.58. The molecule has 0 saturated carbocycles. The van der Waals surface area contributed by atoms with Gasteiger partial charge in [-0.15, -0.1) is 0 Å². The van der Waals surface area contributed by atoms with Crippen LogP contribution in [0.2, 0.25) is 10.0 Å². The third-order valence-electron chi connectivity index (χ3n) is 2.92. The van der Waals surface area contributed by atoms with E-state index in [2.05, 4.69) is 13.8 Å². The van der Waals surface area contributed by atoms with Crippen LogP contribution in [0.1, 0.15) is 38.5 Å². The Balaban J connectivity index is 2.86. The van der Waals surface area contributed by atoms with Gasteiger partial charge in [0.2, 0.25) is 0 Å². The Morgan fingerprint density at radius 2 is 1.82 bits per heavy atom. The molecule has 1 aromatic carbocycles. The number of aliphatic hydroxyl groups excluding tert-OH is 1. The largest absolute Gasteiger partial charge is 0.389 e. The van der Waals surface area contributed by atoms with E-state index in [0.29, 0.717) is 10.0 Å². The third-order valence-corrected chi connectivity index (χ3v) is 3.72. The number of benzene rings is 1. The molecule has 0 aliphatic rings. The van der Waals surface area contributed by atoms with Crippen molar-refractivity contribution in [3.63, 3.8) is 0 Å². The van der Waals surface area contributed by atoms with Crippen LogP contribution in [0.3, 0.4) is 0 Å². The first-order valence-corrected chi connectivity index (χ1v) is 6.35. The average molecular weight is 272 g/mol. The van der Waals surface area contributed by atoms with E-state index in [1.54, 1.807) is 13.0 Å². The summed E-state index contributed by atoms with van der Waals surface area (Å²) in [7, 11) is 0. The molecule has 2 nitrogen and oxygen atoms in total. The van der Waals surface area contributed by atoms with E-state index in [1.165, 1.54) is 0 Å². The highest BCUT2D eigenvalue weighted by Gasteiger charge is 2.17. The van der Waals surface area contributed by atoms with E-state index >= 15 is 0 Å². The van der Waals surface area contributed by atoms with E-state index in [0.717, 1.165) is 16.5 Å². The lowest BCUT2D eigenvalue weighted by Gasteiger charge is -2.10. The summed E-state index contributed by atoms with van der Waals surface area (Å²) in [4.78, 5) is 0. The quantitative estimate of drug-likeness (QED) is 0.850. The number of aliphatic hydroxyl groups is 1. The first kappa shape index (κ1) is 12.7. The fourth-order valence-electron chi connectivity index (χ4n) is 2.05. The minimum Gasteiger partial charge on any atom is -0.389 e. The van der Waals surface area contributed by atoms with Gasteiger partial charge in [-0.25, -0.2) is 0 Å². The maximum atomic E-state index is 9.79. The topological polar surface area (TPSA) is 25.2 Å². The molecule has 92 valence electrons. The molecule has 1 heterocycles. The van der Waals surface area contributed by atoms with Crippen molar-refractivity contribution < 1.29 is 5.11 Å². The van der Waals surface area contributed by atoms with Crippen molar-refractivity contribution in [3.8, 4) is 0 Å². The van der Waals surface area contributed by atoms with Gasteiger partial charge < -0.3 is 9.67 Å². The molecule has 0 amide bonds. The van der Waals surface area contributed by atoms with Gasteiger partial charge in [0.05, 0.1) is 21.7 Å². The Hall–Kier alpha value is -0.700. The number of aromatic nitrogens is 1. The summed E-state index contributed by atoms with van der Waals surface area (Å²) in [5, 5.41) is 11.8. The van der Waals surface area contributed by atoms with Gasteiger partial charge >= 0.3 is 0 Å². The van der Waals surface area contributed by atoms with Crippen molar-refractivity contribution in [2.75, 3.05) is 0 Å². The maximum Gasteiger partial charge on any atom is 0.0835 e. The Kier molecular flexibility index (Phi) is 3.39. The molecule has 1 aromatic heterocycles. The van der Waals surface area contributed by atoms with Crippen molar-refractivity contribution in [1.82, 2.24) is 4.57 Å². The van der Waals surface area contributed by atoms with Crippen molar-refractivity contribution in [3.05, 3.63) is 33.9 Å². The molecule has 2 rings (SSSR count). The molecule has 1 unspecified atom stereocenters. The standard InChI is InChI=1S/C13H15Cl2NO/c1-7(2)16-6-10(8(3)17)9-4-5-11(14)12(15)13(9)16/h4-8,17H,1-3H3. The summed E-state index contributed by atoms with van der Waals surface area (Å²) < 4.78 is 2.05. The summed E-state index contributed by atoms with van der Waals surface area (Å²) >= 11 is 12.3. The summed E-state index contributed by atoms with van der Waals surface area (Å²) in [6, 6.07) is 3.94. The molecule has 0 bridgehead atoms. The average Bonchev–Trinajstić information content (AvgIpc) is 2.63. The van der Waals surface area contributed by atoms with Crippen LogP contribution in [0, 0.1) is 0 Å². The van der Waals surface area contributed by atoms with Gasteiger partial charge in [-0.2, -0.15) is 0 Å². The van der Waals surface area contributed by atoms with Crippen molar-refractivity contribution in [2.45, 2.75) is 32.9 Å². The molecule has 0 aliphatic carbocycles. The zero-order valence-electron chi connectivity index (χ0n) is 10.0. The van der Waals surface area contributed by atoms with Crippen LogP contribution in [0.4, 0.5) is 0 Å². The first-order chi connectivity index (χ1) is 7.93. The van der Waals surface area contributed by atoms with Gasteiger partial charge in [0.1, 0.15) is 0 Å². The Bertz CT molecular complexity index is 558. The fraction of sp³-hybridized carbons (Fsp3) is 0.385. The number of hydrogen-bond acceptors (Lipinski definition) is 1. The van der Waals surface area contributed by atoms with Crippen LogP contribution in [0.15, 0.2) is 18.3 Å². The highest BCUT2D eigenvalue weighted by atomic mass is 35.5. The fourth-order valence-corrected chi connectivity index (χ4v) is 2.46. The Morgan fingerprint density at radius 1 is 1.18 bits per heavy atom. The predicted molar refractivity (Wildman–Crippen MR) is 73.0 cm³/mol. The number of nitrogens with zero attached hydrogens (tertiary/aromatic N) is 1. The van der Waals surface area contributed by atoms with Gasteiger partial charge in [-0.05, 0) is 26.8 Å². The van der Waals surface area contributed by atoms with E-state index in [4.69, 9.17) is 23.2 Å². The second kappa shape index (κ2) is 4.52. The lowest BCUT2D eigenvalue weighted by molar-refractivity contribution is 0.200. The summed E-state index contributed by atoms with van der Waals surface area (Å²) in [5.41, 5.74) is 1.78. The van der Waals surface area contributed by atoms with Crippen molar-refractivity contribution >= 4 is 34.1 Å². The van der Waals surface area contributed by atoms with Crippen molar-refractivity contribution in [2.24, 2.45) is 0 Å². The molecule has 4 heteroatoms. The Morgan fingerprint density at radius 3 is 2.35 bits per heavy atom. The smallest absolute Gasteiger partial charge is 0.0835 e. The van der Waals surface area contributed by atoms with Crippen LogP contribution in [-0.4, -0.2) is 9.67 Å². The first-order valence-electron chi connectivity index (χ1n) is 5.60. The van der Waals surface area contributed by atoms with Gasteiger partial charge in [0.15, 0.2) is 0 Å². The highest BCUT2D eigenvalue weighted by molar-refractivity contribution is 6.45. The molecule has 1 N–H and O–H groups in total. The van der Waals surface area contributed by atoms with E-state index in [9.17, 15) is 5.11 Å². The lowest BCUT2D eigenvalue weighted by atomic mass is 10.1. The highest BCUT2D eigenvalue weighted by Crippen LogP contribution is 2.37. The van der Waals surface area contributed by atoms with Gasteiger partial charge in [-0.1, -0.05) is 29.3 Å². The molecular weight excluding hydrogens is 257 g/mol. The maximum absolute atomic E-state index is 9.79. The third kappa shape index (κ3) is 2.05. The molecule has 0 aliphatic heterocycles. The minimum absolute atomic E-state index is 0.265. The monoisotopic (exact) mass is 271 g/mol. The SMILES string of the molecule is CC(O)c1cn(C(C)C)c2c(Cl)c(Cl)ccc12. The van der Waals surface area contributed by atoms with Crippen LogP contribution in [-0.2, 0) is 0 Å². The normalized spacial score (nSPS) is 13.6. The number of fused-ring (bicyclic) bond motifs is 1. The van der Waals surface area contributed by atoms with Crippen LogP contribution in [0.5, 0.6) is 0 Å². The van der Waals surface area contributed by atoms with E-state index in [-0.39, 0.29) is 6.04 Å². The summed E-state index contributed by atoms with van der Waals surface area (Å²) in [5.74, 6) is 0. The Labute approximate surface area is 111 Å². The molecule has 0 fully saturated rings.